The Morgan fingerprint density at radius 1 is 1.32 bits per heavy atom. The highest BCUT2D eigenvalue weighted by Crippen LogP contribution is 2.28. The topological polar surface area (TPSA) is 50.9 Å². The molecule has 2 rings (SSSR count). The lowest BCUT2D eigenvalue weighted by atomic mass is 10.1. The lowest BCUT2D eigenvalue weighted by Gasteiger charge is -2.17. The molecule has 0 spiro atoms. The van der Waals surface area contributed by atoms with Crippen LogP contribution in [0.15, 0.2) is 47.5 Å². The number of nitrogens with one attached hydrogen (secondary N) is 1. The monoisotopic (exact) mass is 277 g/mol. The molecule has 1 aromatic carbocycles. The molecule has 3 nitrogen and oxygen atoms in total. The van der Waals surface area contributed by atoms with Crippen molar-refractivity contribution in [2.45, 2.75) is 10.9 Å². The molecule has 0 saturated heterocycles. The molecule has 1 aromatic heterocycles. The van der Waals surface area contributed by atoms with E-state index in [4.69, 9.17) is 5.73 Å². The van der Waals surface area contributed by atoms with Gasteiger partial charge in [0.05, 0.1) is 0 Å². The smallest absolute Gasteiger partial charge is 0.136 e. The number of hydrogen-bond donors (Lipinski definition) is 2. The number of nitrogens with zero attached hydrogens (tertiary/aromatic N) is 1. The SMILES string of the molecule is CNC(CSc1ccccc1F)c1cccnc1N. The van der Waals surface area contributed by atoms with E-state index >= 15 is 0 Å². The van der Waals surface area contributed by atoms with Gasteiger partial charge in [0, 0.05) is 28.5 Å². The van der Waals surface area contributed by atoms with E-state index in [0.29, 0.717) is 16.5 Å². The van der Waals surface area contributed by atoms with E-state index in [1.807, 2.05) is 25.2 Å². The van der Waals surface area contributed by atoms with Gasteiger partial charge in [0.25, 0.3) is 0 Å². The number of thioether (sulfide) groups is 1. The molecule has 0 radical (unpaired) electrons. The van der Waals surface area contributed by atoms with Crippen molar-refractivity contribution in [1.29, 1.82) is 0 Å². The summed E-state index contributed by atoms with van der Waals surface area (Å²) in [4.78, 5) is 4.72. The van der Waals surface area contributed by atoms with Gasteiger partial charge in [0.2, 0.25) is 0 Å². The molecule has 0 fully saturated rings. The maximum atomic E-state index is 13.5. The molecule has 100 valence electrons. The van der Waals surface area contributed by atoms with Crippen molar-refractivity contribution >= 4 is 17.6 Å². The van der Waals surface area contributed by atoms with Crippen LogP contribution in [-0.4, -0.2) is 17.8 Å². The van der Waals surface area contributed by atoms with Gasteiger partial charge < -0.3 is 11.1 Å². The summed E-state index contributed by atoms with van der Waals surface area (Å²) < 4.78 is 13.5. The molecule has 0 aliphatic rings. The summed E-state index contributed by atoms with van der Waals surface area (Å²) in [6.07, 6.45) is 1.66. The van der Waals surface area contributed by atoms with Crippen LogP contribution in [0.25, 0.3) is 0 Å². The molecule has 3 N–H and O–H groups in total. The van der Waals surface area contributed by atoms with E-state index in [0.717, 1.165) is 5.56 Å². The Balaban J connectivity index is 2.09. The fourth-order valence-electron chi connectivity index (χ4n) is 1.79. The number of benzene rings is 1. The summed E-state index contributed by atoms with van der Waals surface area (Å²) in [5, 5.41) is 3.19. The summed E-state index contributed by atoms with van der Waals surface area (Å²) in [5.74, 6) is 1.00. The van der Waals surface area contributed by atoms with Crippen molar-refractivity contribution in [3.05, 3.63) is 54.0 Å². The molecular formula is C14H16FN3S. The van der Waals surface area contributed by atoms with Crippen molar-refractivity contribution in [3.8, 4) is 0 Å². The van der Waals surface area contributed by atoms with Crippen LogP contribution in [0.2, 0.25) is 0 Å². The van der Waals surface area contributed by atoms with Crippen LogP contribution in [0.1, 0.15) is 11.6 Å². The van der Waals surface area contributed by atoms with Crippen molar-refractivity contribution in [1.82, 2.24) is 10.3 Å². The molecule has 1 unspecified atom stereocenters. The standard InChI is InChI=1S/C14H16FN3S/c1-17-12(10-5-4-8-18-14(10)16)9-19-13-7-3-2-6-11(13)15/h2-8,12,17H,9H2,1H3,(H2,16,18). The van der Waals surface area contributed by atoms with Crippen molar-refractivity contribution < 1.29 is 4.39 Å². The summed E-state index contributed by atoms with van der Waals surface area (Å²) in [6, 6.07) is 10.6. The van der Waals surface area contributed by atoms with Gasteiger partial charge in [0.1, 0.15) is 11.6 Å². The van der Waals surface area contributed by atoms with Crippen molar-refractivity contribution in [3.63, 3.8) is 0 Å². The van der Waals surface area contributed by atoms with Gasteiger partial charge in [-0.2, -0.15) is 0 Å². The summed E-state index contributed by atoms with van der Waals surface area (Å²) in [5.41, 5.74) is 6.80. The van der Waals surface area contributed by atoms with Gasteiger partial charge in [-0.25, -0.2) is 9.37 Å². The molecule has 19 heavy (non-hydrogen) atoms. The largest absolute Gasteiger partial charge is 0.383 e. The molecule has 0 amide bonds. The van der Waals surface area contributed by atoms with Crippen LogP contribution in [0.4, 0.5) is 10.2 Å². The second-order valence-corrected chi connectivity index (χ2v) is 5.12. The number of halogens is 1. The summed E-state index contributed by atoms with van der Waals surface area (Å²) in [7, 11) is 1.86. The highest BCUT2D eigenvalue weighted by molar-refractivity contribution is 7.99. The minimum absolute atomic E-state index is 0.0401. The predicted octanol–water partition coefficient (Wildman–Crippen LogP) is 2.86. The third-order valence-corrected chi connectivity index (χ3v) is 3.98. The number of hydrogen-bond acceptors (Lipinski definition) is 4. The molecule has 1 atom stereocenters. The molecular weight excluding hydrogens is 261 g/mol. The number of nitrogen functional groups attached to an aromatic ring is 1. The fourth-order valence-corrected chi connectivity index (χ4v) is 2.86. The number of aromatic nitrogens is 1. The van der Waals surface area contributed by atoms with Crippen LogP contribution >= 0.6 is 11.8 Å². The molecule has 2 aromatic rings. The fraction of sp³-hybridized carbons (Fsp3) is 0.214. The van der Waals surface area contributed by atoms with Gasteiger partial charge in [-0.3, -0.25) is 0 Å². The normalized spacial score (nSPS) is 12.3. The molecule has 1 heterocycles. The summed E-state index contributed by atoms with van der Waals surface area (Å²) >= 11 is 1.46. The Morgan fingerprint density at radius 2 is 2.11 bits per heavy atom. The van der Waals surface area contributed by atoms with Gasteiger partial charge in [-0.15, -0.1) is 11.8 Å². The predicted molar refractivity (Wildman–Crippen MR) is 77.6 cm³/mol. The summed E-state index contributed by atoms with van der Waals surface area (Å²) in [6.45, 7) is 0. The zero-order valence-electron chi connectivity index (χ0n) is 10.6. The van der Waals surface area contributed by atoms with Gasteiger partial charge in [-0.1, -0.05) is 18.2 Å². The highest BCUT2D eigenvalue weighted by Gasteiger charge is 2.14. The maximum absolute atomic E-state index is 13.5. The highest BCUT2D eigenvalue weighted by atomic mass is 32.2. The van der Waals surface area contributed by atoms with E-state index in [-0.39, 0.29) is 11.9 Å². The van der Waals surface area contributed by atoms with E-state index in [1.54, 1.807) is 18.3 Å². The molecule has 0 bridgehead atoms. The van der Waals surface area contributed by atoms with E-state index in [2.05, 4.69) is 10.3 Å². The Bertz CT molecular complexity index is 548. The minimum Gasteiger partial charge on any atom is -0.383 e. The lowest BCUT2D eigenvalue weighted by Crippen LogP contribution is -2.20. The van der Waals surface area contributed by atoms with Gasteiger partial charge >= 0.3 is 0 Å². The minimum atomic E-state index is -0.193. The van der Waals surface area contributed by atoms with E-state index in [9.17, 15) is 4.39 Å². The third-order valence-electron chi connectivity index (χ3n) is 2.84. The Kier molecular flexibility index (Phi) is 4.76. The second kappa shape index (κ2) is 6.54. The van der Waals surface area contributed by atoms with Crippen LogP contribution in [0.5, 0.6) is 0 Å². The van der Waals surface area contributed by atoms with Gasteiger partial charge in [0.15, 0.2) is 0 Å². The zero-order valence-corrected chi connectivity index (χ0v) is 11.5. The Labute approximate surface area is 116 Å². The third kappa shape index (κ3) is 3.45. The van der Waals surface area contributed by atoms with Crippen LogP contribution in [0.3, 0.4) is 0 Å². The molecule has 0 aliphatic heterocycles. The van der Waals surface area contributed by atoms with E-state index in [1.165, 1.54) is 17.8 Å². The molecule has 0 aliphatic carbocycles. The van der Waals surface area contributed by atoms with Crippen LogP contribution < -0.4 is 11.1 Å². The zero-order chi connectivity index (χ0) is 13.7. The van der Waals surface area contributed by atoms with E-state index < -0.39 is 0 Å². The quantitative estimate of drug-likeness (QED) is 0.825. The van der Waals surface area contributed by atoms with Crippen LogP contribution in [0, 0.1) is 5.82 Å². The van der Waals surface area contributed by atoms with Crippen molar-refractivity contribution in [2.24, 2.45) is 0 Å². The average Bonchev–Trinajstić information content (AvgIpc) is 2.43. The maximum Gasteiger partial charge on any atom is 0.136 e. The lowest BCUT2D eigenvalue weighted by molar-refractivity contribution is 0.601. The van der Waals surface area contributed by atoms with Crippen LogP contribution in [-0.2, 0) is 0 Å². The first kappa shape index (κ1) is 13.8. The Morgan fingerprint density at radius 3 is 2.79 bits per heavy atom. The molecule has 0 saturated carbocycles. The number of pyridine rings is 1. The van der Waals surface area contributed by atoms with Crippen molar-refractivity contribution in [2.75, 3.05) is 18.5 Å². The second-order valence-electron chi connectivity index (χ2n) is 4.06. The van der Waals surface area contributed by atoms with Gasteiger partial charge in [-0.05, 0) is 25.2 Å². The number of rotatable bonds is 5. The average molecular weight is 277 g/mol. The first-order chi connectivity index (χ1) is 9.22. The molecule has 5 heteroatoms. The first-order valence-electron chi connectivity index (χ1n) is 5.97. The number of nitrogens with two attached hydrogens (primary N) is 1. The Hall–Kier alpha value is -1.59. The number of anilines is 1. The first-order valence-corrected chi connectivity index (χ1v) is 6.96.